The van der Waals surface area contributed by atoms with Crippen LogP contribution in [0.3, 0.4) is 0 Å². The predicted molar refractivity (Wildman–Crippen MR) is 128 cm³/mol. The molecule has 0 fully saturated rings. The van der Waals surface area contributed by atoms with E-state index in [0.717, 1.165) is 22.3 Å². The van der Waals surface area contributed by atoms with Gasteiger partial charge in [-0.05, 0) is 65.0 Å². The lowest BCUT2D eigenvalue weighted by Crippen LogP contribution is -2.46. The fraction of sp³-hybridized carbons (Fsp3) is 0.308. The van der Waals surface area contributed by atoms with Crippen LogP contribution in [0.25, 0.3) is 11.1 Å². The second-order valence-electron chi connectivity index (χ2n) is 8.95. The fourth-order valence-electron chi connectivity index (χ4n) is 4.19. The first-order valence-electron chi connectivity index (χ1n) is 10.6. The molecule has 0 spiro atoms. The number of rotatable bonds is 6. The van der Waals surface area contributed by atoms with Gasteiger partial charge < -0.3 is 9.16 Å². The molecule has 3 rings (SSSR count). The maximum atomic E-state index is 12.6. The van der Waals surface area contributed by atoms with Crippen LogP contribution < -0.4 is 0 Å². The normalized spacial score (nSPS) is 13.6. The van der Waals surface area contributed by atoms with Gasteiger partial charge in [-0.3, -0.25) is 4.98 Å². The average molecular weight is 434 g/mol. The Hall–Kier alpha value is -2.76. The molecule has 0 aliphatic heterocycles. The van der Waals surface area contributed by atoms with Crippen LogP contribution in [0.5, 0.6) is 0 Å². The second-order valence-corrected chi connectivity index (χ2v) is 11.3. The van der Waals surface area contributed by atoms with Gasteiger partial charge in [0.15, 0.2) is 9.04 Å². The van der Waals surface area contributed by atoms with Gasteiger partial charge in [0.25, 0.3) is 0 Å². The van der Waals surface area contributed by atoms with Gasteiger partial charge in [0.05, 0.1) is 12.7 Å². The number of ether oxygens (including phenoxy) is 1. The number of methoxy groups -OCH3 is 1. The van der Waals surface area contributed by atoms with Gasteiger partial charge in [0.2, 0.25) is 0 Å². The molecule has 0 radical (unpaired) electrons. The Balaban J connectivity index is 2.35. The van der Waals surface area contributed by atoms with Crippen LogP contribution in [-0.4, -0.2) is 27.1 Å². The van der Waals surface area contributed by atoms with E-state index >= 15 is 0 Å². The number of aromatic nitrogens is 1. The van der Waals surface area contributed by atoms with E-state index in [2.05, 4.69) is 44.9 Å². The van der Waals surface area contributed by atoms with Crippen molar-refractivity contribution in [1.29, 1.82) is 0 Å². The predicted octanol–water partition coefficient (Wildman–Crippen LogP) is 5.82. The van der Waals surface area contributed by atoms with Crippen LogP contribution in [0, 0.1) is 5.41 Å². The number of nitrogens with zero attached hydrogens (tertiary/aromatic N) is 1. The molecule has 0 amide bonds. The van der Waals surface area contributed by atoms with Gasteiger partial charge in [0, 0.05) is 12.4 Å². The Kier molecular flexibility index (Phi) is 6.77. The quantitative estimate of drug-likeness (QED) is 0.363. The average Bonchev–Trinajstić information content (AvgIpc) is 2.76. The lowest BCUT2D eigenvalue weighted by Gasteiger charge is -2.47. The molecule has 0 bridgehead atoms. The number of hydrogen-bond donors (Lipinski definition) is 0. The van der Waals surface area contributed by atoms with Gasteiger partial charge in [-0.25, -0.2) is 4.79 Å². The molecule has 0 aliphatic rings. The summed E-state index contributed by atoms with van der Waals surface area (Å²) in [7, 11) is -0.0629. The Labute approximate surface area is 187 Å². The minimum Gasteiger partial charge on any atom is -0.465 e. The number of hydrogen-bond acceptors (Lipinski definition) is 4. The molecular formula is C26H31NO3Si. The lowest BCUT2D eigenvalue weighted by atomic mass is 9.68. The molecule has 3 aromatic rings. The Morgan fingerprint density at radius 2 is 1.55 bits per heavy atom. The molecule has 0 saturated heterocycles. The van der Waals surface area contributed by atoms with Gasteiger partial charge in [-0.1, -0.05) is 57.2 Å². The molecule has 1 heterocycles. The largest absolute Gasteiger partial charge is 0.465 e. The summed E-state index contributed by atoms with van der Waals surface area (Å²) in [6, 6.07) is 19.9. The minimum absolute atomic E-state index is 0.258. The Morgan fingerprint density at radius 1 is 0.903 bits per heavy atom. The van der Waals surface area contributed by atoms with Gasteiger partial charge >= 0.3 is 5.97 Å². The summed E-state index contributed by atoms with van der Waals surface area (Å²) in [6.45, 7) is 11.0. The van der Waals surface area contributed by atoms with Crippen molar-refractivity contribution in [3.63, 3.8) is 0 Å². The molecule has 0 saturated carbocycles. The highest BCUT2D eigenvalue weighted by Gasteiger charge is 2.47. The SMILES string of the molecule is COC(=O)c1ccc(C(O[SiH](C)C)(c2ccncc2)C(C)(C)C)cc1-c1ccccc1. The third-order valence-electron chi connectivity index (χ3n) is 5.47. The molecule has 4 nitrogen and oxygen atoms in total. The van der Waals surface area contributed by atoms with E-state index in [0.29, 0.717) is 5.56 Å². The van der Waals surface area contributed by atoms with Crippen LogP contribution in [0.2, 0.25) is 13.1 Å². The zero-order valence-corrected chi connectivity index (χ0v) is 20.3. The van der Waals surface area contributed by atoms with Crippen molar-refractivity contribution in [3.05, 3.63) is 89.7 Å². The van der Waals surface area contributed by atoms with Crippen molar-refractivity contribution >= 4 is 15.0 Å². The molecule has 0 aliphatic carbocycles. The first-order chi connectivity index (χ1) is 14.7. The van der Waals surface area contributed by atoms with Gasteiger partial charge in [-0.15, -0.1) is 0 Å². The number of benzene rings is 2. The maximum absolute atomic E-state index is 12.6. The van der Waals surface area contributed by atoms with E-state index in [9.17, 15) is 4.79 Å². The van der Waals surface area contributed by atoms with Crippen molar-refractivity contribution < 1.29 is 14.0 Å². The van der Waals surface area contributed by atoms with Crippen molar-refractivity contribution in [1.82, 2.24) is 4.98 Å². The third kappa shape index (κ3) is 4.48. The summed E-state index contributed by atoms with van der Waals surface area (Å²) < 4.78 is 12.0. The smallest absolute Gasteiger partial charge is 0.338 e. The molecule has 162 valence electrons. The fourth-order valence-corrected chi connectivity index (χ4v) is 5.53. The van der Waals surface area contributed by atoms with Crippen molar-refractivity contribution in [2.24, 2.45) is 5.41 Å². The van der Waals surface area contributed by atoms with Crippen molar-refractivity contribution in [3.8, 4) is 11.1 Å². The van der Waals surface area contributed by atoms with Gasteiger partial charge in [-0.2, -0.15) is 0 Å². The Bertz CT molecular complexity index is 1030. The molecular weight excluding hydrogens is 402 g/mol. The van der Waals surface area contributed by atoms with Crippen molar-refractivity contribution in [2.45, 2.75) is 39.5 Å². The standard InChI is InChI=1S/C26H31NO3Si/c1-25(2,3)26(30-31(5)6,20-14-16-27-17-15-20)21-12-13-22(24(28)29-4)23(18-21)19-10-8-7-9-11-19/h7-18,31H,1-6H3. The molecule has 1 atom stereocenters. The number of carbonyl (C=O) groups is 1. The van der Waals surface area contributed by atoms with Gasteiger partial charge in [0.1, 0.15) is 5.60 Å². The summed E-state index contributed by atoms with van der Waals surface area (Å²) in [5.41, 5.74) is 3.46. The second kappa shape index (κ2) is 9.16. The molecule has 2 aromatic carbocycles. The molecule has 1 unspecified atom stereocenters. The minimum atomic E-state index is -1.47. The summed E-state index contributed by atoms with van der Waals surface area (Å²) in [6.07, 6.45) is 3.62. The Morgan fingerprint density at radius 3 is 2.10 bits per heavy atom. The van der Waals surface area contributed by atoms with E-state index in [1.54, 1.807) is 0 Å². The molecule has 0 N–H and O–H groups in total. The van der Waals surface area contributed by atoms with Crippen LogP contribution in [0.4, 0.5) is 0 Å². The van der Waals surface area contributed by atoms with E-state index in [-0.39, 0.29) is 11.4 Å². The summed E-state index contributed by atoms with van der Waals surface area (Å²) in [4.78, 5) is 16.8. The van der Waals surface area contributed by atoms with Crippen LogP contribution >= 0.6 is 0 Å². The number of carbonyl (C=O) groups excluding carboxylic acids is 1. The highest BCUT2D eigenvalue weighted by Crippen LogP contribution is 2.49. The maximum Gasteiger partial charge on any atom is 0.338 e. The van der Waals surface area contributed by atoms with Crippen LogP contribution in [0.1, 0.15) is 42.3 Å². The number of pyridine rings is 1. The summed E-state index contributed by atoms with van der Waals surface area (Å²) in [5.74, 6) is -0.352. The topological polar surface area (TPSA) is 48.4 Å². The zero-order chi connectivity index (χ0) is 22.6. The first-order valence-corrected chi connectivity index (χ1v) is 13.4. The van der Waals surface area contributed by atoms with E-state index in [1.807, 2.05) is 67.0 Å². The monoisotopic (exact) mass is 433 g/mol. The lowest BCUT2D eigenvalue weighted by molar-refractivity contribution is -0.00239. The van der Waals surface area contributed by atoms with E-state index < -0.39 is 14.6 Å². The first kappa shape index (κ1) is 22.9. The number of esters is 1. The molecule has 31 heavy (non-hydrogen) atoms. The summed E-state index contributed by atoms with van der Waals surface area (Å²) >= 11 is 0. The third-order valence-corrected chi connectivity index (χ3v) is 6.30. The van der Waals surface area contributed by atoms with Crippen molar-refractivity contribution in [2.75, 3.05) is 7.11 Å². The van der Waals surface area contributed by atoms with E-state index in [4.69, 9.17) is 9.16 Å². The van der Waals surface area contributed by atoms with Crippen LogP contribution in [-0.2, 0) is 14.8 Å². The molecule has 1 aromatic heterocycles. The van der Waals surface area contributed by atoms with E-state index in [1.165, 1.54) is 7.11 Å². The highest BCUT2D eigenvalue weighted by molar-refractivity contribution is 6.48. The molecule has 5 heteroatoms. The summed E-state index contributed by atoms with van der Waals surface area (Å²) in [5, 5.41) is 0. The highest BCUT2D eigenvalue weighted by atomic mass is 28.3. The zero-order valence-electron chi connectivity index (χ0n) is 19.2. The van der Waals surface area contributed by atoms with Crippen LogP contribution in [0.15, 0.2) is 73.1 Å².